The fourth-order valence-corrected chi connectivity index (χ4v) is 4.09. The van der Waals surface area contributed by atoms with Crippen molar-refractivity contribution in [2.75, 3.05) is 19.8 Å². The van der Waals surface area contributed by atoms with Crippen molar-refractivity contribution in [1.29, 1.82) is 0 Å². The monoisotopic (exact) mass is 496 g/mol. The van der Waals surface area contributed by atoms with E-state index in [0.717, 1.165) is 12.8 Å². The van der Waals surface area contributed by atoms with E-state index in [4.69, 9.17) is 23.7 Å². The van der Waals surface area contributed by atoms with Gasteiger partial charge in [-0.3, -0.25) is 0 Å². The van der Waals surface area contributed by atoms with Crippen molar-refractivity contribution in [2.24, 2.45) is 5.92 Å². The molecule has 0 bridgehead atoms. The molecule has 2 aliphatic rings. The second-order valence-electron chi connectivity index (χ2n) is 9.94. The first-order chi connectivity index (χ1) is 16.0. The lowest BCUT2D eigenvalue weighted by Crippen LogP contribution is -2.65. The van der Waals surface area contributed by atoms with Crippen LogP contribution in [0.3, 0.4) is 0 Å². The molecule has 0 radical (unpaired) electrons. The number of rotatable bonds is 12. The molecule has 2 aliphatic heterocycles. The highest BCUT2D eigenvalue weighted by Crippen LogP contribution is 2.32. The van der Waals surface area contributed by atoms with Crippen molar-refractivity contribution in [3.63, 3.8) is 0 Å². The first-order valence-corrected chi connectivity index (χ1v) is 12.2. The molecule has 0 amide bonds. The van der Waals surface area contributed by atoms with Gasteiger partial charge in [0.15, 0.2) is 12.6 Å². The normalized spacial score (nSPS) is 40.3. The zero-order chi connectivity index (χ0) is 25.6. The zero-order valence-corrected chi connectivity index (χ0v) is 20.8. The minimum atomic E-state index is -1.58. The average molecular weight is 497 g/mol. The van der Waals surface area contributed by atoms with Crippen LogP contribution in [-0.4, -0.2) is 117 Å². The summed E-state index contributed by atoms with van der Waals surface area (Å²) in [6, 6.07) is 0. The molecule has 6 N–H and O–H groups in total. The van der Waals surface area contributed by atoms with Crippen LogP contribution in [-0.2, 0) is 23.7 Å². The third-order valence-corrected chi connectivity index (χ3v) is 6.57. The summed E-state index contributed by atoms with van der Waals surface area (Å²) in [7, 11) is 0. The molecule has 11 nitrogen and oxygen atoms in total. The molecule has 2 rings (SSSR count). The molecule has 0 spiro atoms. The van der Waals surface area contributed by atoms with Crippen molar-refractivity contribution in [3.05, 3.63) is 0 Å². The Kier molecular flexibility index (Phi) is 11.6. The molecule has 11 heteroatoms. The third-order valence-electron chi connectivity index (χ3n) is 6.57. The topological polar surface area (TPSA) is 168 Å². The van der Waals surface area contributed by atoms with E-state index in [0.29, 0.717) is 13.0 Å². The SMILES string of the molecule is CCCC(C)COC1C(CO)OC(OC2C(CO)OC(OC(C)(C)CC)C(O)C2O)C(O)C1O. The number of ether oxygens (including phenoxy) is 5. The molecule has 0 aromatic rings. The van der Waals surface area contributed by atoms with Crippen molar-refractivity contribution >= 4 is 0 Å². The van der Waals surface area contributed by atoms with Gasteiger partial charge in [0.1, 0.15) is 48.8 Å². The van der Waals surface area contributed by atoms with Gasteiger partial charge in [-0.2, -0.15) is 0 Å². The Hall–Kier alpha value is -0.440. The van der Waals surface area contributed by atoms with Crippen LogP contribution in [0, 0.1) is 5.92 Å². The van der Waals surface area contributed by atoms with Crippen LogP contribution in [0.25, 0.3) is 0 Å². The third kappa shape index (κ3) is 7.30. The maximum absolute atomic E-state index is 10.7. The maximum Gasteiger partial charge on any atom is 0.187 e. The molecular formula is C23H44O11. The summed E-state index contributed by atoms with van der Waals surface area (Å²) in [6.45, 7) is 8.79. The minimum absolute atomic E-state index is 0.219. The smallest absolute Gasteiger partial charge is 0.187 e. The van der Waals surface area contributed by atoms with E-state index >= 15 is 0 Å². The summed E-state index contributed by atoms with van der Waals surface area (Å²) in [4.78, 5) is 0. The van der Waals surface area contributed by atoms with Gasteiger partial charge in [0.2, 0.25) is 0 Å². The number of hydrogen-bond donors (Lipinski definition) is 6. The molecule has 2 fully saturated rings. The van der Waals surface area contributed by atoms with Gasteiger partial charge in [-0.1, -0.05) is 27.2 Å². The van der Waals surface area contributed by atoms with Gasteiger partial charge in [0, 0.05) is 6.61 Å². The molecule has 202 valence electrons. The van der Waals surface area contributed by atoms with Crippen LogP contribution >= 0.6 is 0 Å². The molecule has 0 aliphatic carbocycles. The highest BCUT2D eigenvalue weighted by molar-refractivity contribution is 4.95. The van der Waals surface area contributed by atoms with E-state index in [1.165, 1.54) is 0 Å². The first kappa shape index (κ1) is 29.8. The van der Waals surface area contributed by atoms with Crippen molar-refractivity contribution in [1.82, 2.24) is 0 Å². The zero-order valence-electron chi connectivity index (χ0n) is 20.8. The summed E-state index contributed by atoms with van der Waals surface area (Å²) < 4.78 is 28.5. The molecular weight excluding hydrogens is 452 g/mol. The van der Waals surface area contributed by atoms with Gasteiger partial charge in [-0.15, -0.1) is 0 Å². The quantitative estimate of drug-likeness (QED) is 0.202. The Morgan fingerprint density at radius 2 is 1.35 bits per heavy atom. The highest BCUT2D eigenvalue weighted by Gasteiger charge is 2.51. The Bertz CT molecular complexity index is 587. The lowest BCUT2D eigenvalue weighted by Gasteiger charge is -2.47. The fraction of sp³-hybridized carbons (Fsp3) is 1.00. The van der Waals surface area contributed by atoms with Crippen LogP contribution in [0.2, 0.25) is 0 Å². The van der Waals surface area contributed by atoms with E-state index in [2.05, 4.69) is 6.92 Å². The molecule has 0 aromatic heterocycles. The summed E-state index contributed by atoms with van der Waals surface area (Å²) in [6.07, 6.45) is -10.7. The second-order valence-corrected chi connectivity index (χ2v) is 9.94. The first-order valence-electron chi connectivity index (χ1n) is 12.2. The fourth-order valence-electron chi connectivity index (χ4n) is 4.09. The van der Waals surface area contributed by atoms with Gasteiger partial charge in [0.25, 0.3) is 0 Å². The summed E-state index contributed by atoms with van der Waals surface area (Å²) in [5.74, 6) is 0.219. The molecule has 2 saturated heterocycles. The van der Waals surface area contributed by atoms with Gasteiger partial charge < -0.3 is 54.3 Å². The summed E-state index contributed by atoms with van der Waals surface area (Å²) in [5.41, 5.74) is -0.649. The largest absolute Gasteiger partial charge is 0.394 e. The maximum atomic E-state index is 10.7. The van der Waals surface area contributed by atoms with Gasteiger partial charge >= 0.3 is 0 Å². The van der Waals surface area contributed by atoms with E-state index in [1.807, 2.05) is 13.8 Å². The Balaban J connectivity index is 2.08. The van der Waals surface area contributed by atoms with E-state index in [1.54, 1.807) is 13.8 Å². The average Bonchev–Trinajstić information content (AvgIpc) is 2.80. The Morgan fingerprint density at radius 3 is 1.91 bits per heavy atom. The predicted molar refractivity (Wildman–Crippen MR) is 120 cm³/mol. The van der Waals surface area contributed by atoms with Crippen LogP contribution in [0.15, 0.2) is 0 Å². The number of aliphatic hydroxyl groups is 6. The summed E-state index contributed by atoms with van der Waals surface area (Å²) >= 11 is 0. The van der Waals surface area contributed by atoms with Crippen molar-refractivity contribution < 1.29 is 54.3 Å². The van der Waals surface area contributed by atoms with E-state index in [9.17, 15) is 30.6 Å². The predicted octanol–water partition coefficient (Wildman–Crippen LogP) is -0.724. The van der Waals surface area contributed by atoms with Crippen LogP contribution in [0.1, 0.15) is 53.9 Å². The summed E-state index contributed by atoms with van der Waals surface area (Å²) in [5, 5.41) is 62.2. The molecule has 34 heavy (non-hydrogen) atoms. The van der Waals surface area contributed by atoms with Gasteiger partial charge in [0.05, 0.1) is 18.8 Å². The minimum Gasteiger partial charge on any atom is -0.394 e. The van der Waals surface area contributed by atoms with Crippen LogP contribution in [0.4, 0.5) is 0 Å². The number of hydrogen-bond acceptors (Lipinski definition) is 11. The molecule has 0 saturated carbocycles. The van der Waals surface area contributed by atoms with Crippen molar-refractivity contribution in [2.45, 2.75) is 121 Å². The van der Waals surface area contributed by atoms with Crippen LogP contribution in [0.5, 0.6) is 0 Å². The molecule has 11 atom stereocenters. The lowest BCUT2D eigenvalue weighted by atomic mass is 9.96. The second kappa shape index (κ2) is 13.2. The van der Waals surface area contributed by atoms with Gasteiger partial charge in [-0.05, 0) is 32.6 Å². The van der Waals surface area contributed by atoms with Crippen molar-refractivity contribution in [3.8, 4) is 0 Å². The Morgan fingerprint density at radius 1 is 0.824 bits per heavy atom. The van der Waals surface area contributed by atoms with Crippen LogP contribution < -0.4 is 0 Å². The van der Waals surface area contributed by atoms with Gasteiger partial charge in [-0.25, -0.2) is 0 Å². The molecule has 2 heterocycles. The highest BCUT2D eigenvalue weighted by atomic mass is 16.7. The van der Waals surface area contributed by atoms with E-state index in [-0.39, 0.29) is 5.92 Å². The molecule has 0 aromatic carbocycles. The standard InChI is InChI=1S/C23H44O11/c1-6-8-12(3)11-30-19-13(9-24)31-21(17(28)15(19)26)33-20-14(10-25)32-22(18(29)16(20)27)34-23(4,5)7-2/h12-22,24-29H,6-11H2,1-5H3. The lowest BCUT2D eigenvalue weighted by molar-refractivity contribution is -0.369. The Labute approximate surface area is 201 Å². The van der Waals surface area contributed by atoms with E-state index < -0.39 is 80.2 Å². The molecule has 11 unspecified atom stereocenters. The number of aliphatic hydroxyl groups excluding tert-OH is 6.